The molecule has 0 amide bonds. The van der Waals surface area contributed by atoms with Crippen LogP contribution >= 0.6 is 0 Å². The maximum absolute atomic E-state index is 10.8. The molecular weight excluding hydrogens is 276 g/mol. The largest absolute Gasteiger partial charge is 0.488 e. The molecule has 0 atom stereocenters. The van der Waals surface area contributed by atoms with Crippen LogP contribution in [0.4, 0.5) is 0 Å². The van der Waals surface area contributed by atoms with Crippen molar-refractivity contribution in [3.05, 3.63) is 71.3 Å². The van der Waals surface area contributed by atoms with Gasteiger partial charge in [0.15, 0.2) is 0 Å². The van der Waals surface area contributed by atoms with Gasteiger partial charge in [-0.15, -0.1) is 0 Å². The second-order valence-electron chi connectivity index (χ2n) is 5.24. The average molecular weight is 292 g/mol. The maximum Gasteiger partial charge on any atom is 0.328 e. The normalized spacial score (nSPS) is 13.9. The summed E-state index contributed by atoms with van der Waals surface area (Å²) >= 11 is 0. The summed E-state index contributed by atoms with van der Waals surface area (Å²) < 4.78 is 5.73. The molecule has 0 saturated heterocycles. The minimum Gasteiger partial charge on any atom is -0.488 e. The molecule has 2 aromatic rings. The first-order chi connectivity index (χ1) is 10.6. The van der Waals surface area contributed by atoms with Gasteiger partial charge in [-0.25, -0.2) is 4.79 Å². The number of benzene rings is 2. The van der Waals surface area contributed by atoms with Crippen molar-refractivity contribution in [3.8, 4) is 16.9 Å². The number of rotatable bonds is 3. The molecule has 3 heteroatoms. The van der Waals surface area contributed by atoms with Gasteiger partial charge in [-0.05, 0) is 47.4 Å². The SMILES string of the molecule is CC(=CC(=O)O)C1=Cc2cc(-c3ccccc3)ccc2OC1. The first kappa shape index (κ1) is 14.1. The van der Waals surface area contributed by atoms with Gasteiger partial charge in [-0.1, -0.05) is 36.4 Å². The molecule has 1 N–H and O–H groups in total. The fourth-order valence-electron chi connectivity index (χ4n) is 2.49. The molecule has 22 heavy (non-hydrogen) atoms. The molecule has 0 spiro atoms. The maximum atomic E-state index is 10.8. The van der Waals surface area contributed by atoms with E-state index >= 15 is 0 Å². The van der Waals surface area contributed by atoms with Gasteiger partial charge in [-0.3, -0.25) is 0 Å². The van der Waals surface area contributed by atoms with E-state index in [1.165, 1.54) is 6.08 Å². The molecule has 3 nitrogen and oxygen atoms in total. The van der Waals surface area contributed by atoms with Crippen LogP contribution in [-0.4, -0.2) is 17.7 Å². The van der Waals surface area contributed by atoms with E-state index in [0.29, 0.717) is 12.2 Å². The van der Waals surface area contributed by atoms with E-state index in [2.05, 4.69) is 18.2 Å². The molecule has 0 radical (unpaired) electrons. The van der Waals surface area contributed by atoms with Gasteiger partial charge in [-0.2, -0.15) is 0 Å². The number of aliphatic carboxylic acids is 1. The summed E-state index contributed by atoms with van der Waals surface area (Å²) in [7, 11) is 0. The highest BCUT2D eigenvalue weighted by Gasteiger charge is 2.14. The lowest BCUT2D eigenvalue weighted by molar-refractivity contribution is -0.131. The molecule has 0 aromatic heterocycles. The average Bonchev–Trinajstić information content (AvgIpc) is 2.54. The lowest BCUT2D eigenvalue weighted by atomic mass is 9.98. The van der Waals surface area contributed by atoms with Crippen LogP contribution in [0.2, 0.25) is 0 Å². The van der Waals surface area contributed by atoms with Crippen LogP contribution in [0.25, 0.3) is 17.2 Å². The number of hydrogen-bond acceptors (Lipinski definition) is 2. The lowest BCUT2D eigenvalue weighted by Crippen LogP contribution is -2.09. The predicted octanol–water partition coefficient (Wildman–Crippen LogP) is 4.16. The number of carbonyl (C=O) groups is 1. The Morgan fingerprint density at radius 3 is 2.64 bits per heavy atom. The zero-order valence-corrected chi connectivity index (χ0v) is 12.2. The molecule has 0 bridgehead atoms. The van der Waals surface area contributed by atoms with Gasteiger partial charge in [0.05, 0.1) is 0 Å². The van der Waals surface area contributed by atoms with Crippen molar-refractivity contribution in [2.75, 3.05) is 6.61 Å². The van der Waals surface area contributed by atoms with Gasteiger partial charge in [0, 0.05) is 11.6 Å². The molecule has 1 aliphatic heterocycles. The smallest absolute Gasteiger partial charge is 0.328 e. The highest BCUT2D eigenvalue weighted by atomic mass is 16.5. The Morgan fingerprint density at radius 1 is 1.14 bits per heavy atom. The minimum atomic E-state index is -0.942. The van der Waals surface area contributed by atoms with E-state index in [4.69, 9.17) is 9.84 Å². The fraction of sp³-hybridized carbons (Fsp3) is 0.105. The van der Waals surface area contributed by atoms with Gasteiger partial charge in [0.2, 0.25) is 0 Å². The predicted molar refractivity (Wildman–Crippen MR) is 86.7 cm³/mol. The third-order valence-corrected chi connectivity index (χ3v) is 3.68. The first-order valence-corrected chi connectivity index (χ1v) is 7.08. The van der Waals surface area contributed by atoms with Crippen molar-refractivity contribution < 1.29 is 14.6 Å². The molecule has 1 aliphatic rings. The van der Waals surface area contributed by atoms with E-state index in [1.807, 2.05) is 36.4 Å². The third kappa shape index (κ3) is 2.93. The molecule has 110 valence electrons. The van der Waals surface area contributed by atoms with Crippen LogP contribution < -0.4 is 4.74 Å². The molecule has 2 aromatic carbocycles. The van der Waals surface area contributed by atoms with Crippen molar-refractivity contribution in [3.63, 3.8) is 0 Å². The summed E-state index contributed by atoms with van der Waals surface area (Å²) in [6.45, 7) is 2.18. The van der Waals surface area contributed by atoms with Gasteiger partial charge in [0.1, 0.15) is 12.4 Å². The van der Waals surface area contributed by atoms with Crippen molar-refractivity contribution in [1.29, 1.82) is 0 Å². The van der Waals surface area contributed by atoms with E-state index in [0.717, 1.165) is 28.0 Å². The zero-order chi connectivity index (χ0) is 15.5. The van der Waals surface area contributed by atoms with Crippen molar-refractivity contribution in [2.45, 2.75) is 6.92 Å². The standard InChI is InChI=1S/C19H16O3/c1-13(9-19(20)21)17-11-16-10-15(7-8-18(16)22-12-17)14-5-3-2-4-6-14/h2-11H,12H2,1H3,(H,20,21). The van der Waals surface area contributed by atoms with Crippen molar-refractivity contribution >= 4 is 12.0 Å². The summed E-state index contributed by atoms with van der Waals surface area (Å²) in [5, 5.41) is 8.86. The second-order valence-corrected chi connectivity index (χ2v) is 5.24. The van der Waals surface area contributed by atoms with Crippen LogP contribution in [0.15, 0.2) is 65.8 Å². The third-order valence-electron chi connectivity index (χ3n) is 3.68. The van der Waals surface area contributed by atoms with E-state index in [9.17, 15) is 4.79 Å². The quantitative estimate of drug-likeness (QED) is 0.864. The van der Waals surface area contributed by atoms with Crippen LogP contribution in [0, 0.1) is 0 Å². The topological polar surface area (TPSA) is 46.5 Å². The summed E-state index contributed by atoms with van der Waals surface area (Å²) in [4.78, 5) is 10.8. The minimum absolute atomic E-state index is 0.396. The number of ether oxygens (including phenoxy) is 1. The number of carboxylic acid groups (broad SMARTS) is 1. The fourth-order valence-corrected chi connectivity index (χ4v) is 2.49. The van der Waals surface area contributed by atoms with Crippen LogP contribution in [0.5, 0.6) is 5.75 Å². The lowest BCUT2D eigenvalue weighted by Gasteiger charge is -2.19. The Balaban J connectivity index is 2.00. The molecular formula is C19H16O3. The first-order valence-electron chi connectivity index (χ1n) is 7.08. The van der Waals surface area contributed by atoms with E-state index in [1.54, 1.807) is 6.92 Å². The monoisotopic (exact) mass is 292 g/mol. The number of hydrogen-bond donors (Lipinski definition) is 1. The zero-order valence-electron chi connectivity index (χ0n) is 12.2. The van der Waals surface area contributed by atoms with E-state index < -0.39 is 5.97 Å². The van der Waals surface area contributed by atoms with Crippen LogP contribution in [0.1, 0.15) is 12.5 Å². The molecule has 0 aliphatic carbocycles. The highest BCUT2D eigenvalue weighted by molar-refractivity contribution is 5.83. The molecule has 0 saturated carbocycles. The summed E-state index contributed by atoms with van der Waals surface area (Å²) in [6, 6.07) is 16.2. The molecule has 3 rings (SSSR count). The molecule has 1 heterocycles. The van der Waals surface area contributed by atoms with Crippen LogP contribution in [0.3, 0.4) is 0 Å². The van der Waals surface area contributed by atoms with E-state index in [-0.39, 0.29) is 0 Å². The Morgan fingerprint density at radius 2 is 1.91 bits per heavy atom. The Hall–Kier alpha value is -2.81. The number of carboxylic acids is 1. The number of fused-ring (bicyclic) bond motifs is 1. The Kier molecular flexibility index (Phi) is 3.79. The van der Waals surface area contributed by atoms with Crippen molar-refractivity contribution in [2.24, 2.45) is 0 Å². The van der Waals surface area contributed by atoms with Gasteiger partial charge in [0.25, 0.3) is 0 Å². The highest BCUT2D eigenvalue weighted by Crippen LogP contribution is 2.32. The van der Waals surface area contributed by atoms with Crippen molar-refractivity contribution in [1.82, 2.24) is 0 Å². The Labute approximate surface area is 129 Å². The summed E-state index contributed by atoms with van der Waals surface area (Å²) in [5.74, 6) is -0.117. The Bertz CT molecular complexity index is 771. The van der Waals surface area contributed by atoms with Gasteiger partial charge < -0.3 is 9.84 Å². The van der Waals surface area contributed by atoms with Crippen LogP contribution in [-0.2, 0) is 4.79 Å². The summed E-state index contributed by atoms with van der Waals surface area (Å²) in [5.41, 5.74) is 4.83. The summed E-state index contributed by atoms with van der Waals surface area (Å²) in [6.07, 6.45) is 3.21. The molecule has 0 fully saturated rings. The van der Waals surface area contributed by atoms with Gasteiger partial charge >= 0.3 is 5.97 Å². The second kappa shape index (κ2) is 5.90. The molecule has 0 unspecified atom stereocenters.